The van der Waals surface area contributed by atoms with Crippen LogP contribution in [-0.2, 0) is 41.3 Å². The largest absolute Gasteiger partial charge is 0.457 e. The van der Waals surface area contributed by atoms with Crippen molar-refractivity contribution in [2.75, 3.05) is 68.1 Å². The molecule has 0 bridgehead atoms. The van der Waals surface area contributed by atoms with E-state index in [4.69, 9.17) is 33.5 Å². The van der Waals surface area contributed by atoms with Crippen molar-refractivity contribution in [1.82, 2.24) is 0 Å². The van der Waals surface area contributed by atoms with Crippen LogP contribution in [0.3, 0.4) is 0 Å². The average molecular weight is 781 g/mol. The zero-order valence-electron chi connectivity index (χ0n) is 36.3. The van der Waals surface area contributed by atoms with E-state index >= 15 is 0 Å². The van der Waals surface area contributed by atoms with Crippen LogP contribution in [0.5, 0.6) is 23.0 Å². The van der Waals surface area contributed by atoms with Gasteiger partial charge in [-0.1, -0.05) is 128 Å². The summed E-state index contributed by atoms with van der Waals surface area (Å²) in [4.78, 5) is 0. The van der Waals surface area contributed by atoms with Gasteiger partial charge in [0.15, 0.2) is 0 Å². The molecule has 9 heteroatoms. The summed E-state index contributed by atoms with van der Waals surface area (Å²) in [6.07, 6.45) is 2.33. The molecular weight excluding hydrogens is 709 g/mol. The first kappa shape index (κ1) is 52.2. The lowest BCUT2D eigenvalue weighted by Gasteiger charge is -2.19. The van der Waals surface area contributed by atoms with Gasteiger partial charge in [-0.3, -0.25) is 0 Å². The Morgan fingerprint density at radius 2 is 0.714 bits per heavy atom. The highest BCUT2D eigenvalue weighted by molar-refractivity contribution is 5.50. The average Bonchev–Trinajstić information content (AvgIpc) is 4.22. The van der Waals surface area contributed by atoms with E-state index in [2.05, 4.69) is 58.0 Å². The van der Waals surface area contributed by atoms with Crippen molar-refractivity contribution in [3.05, 3.63) is 119 Å². The fourth-order valence-corrected chi connectivity index (χ4v) is 4.78. The van der Waals surface area contributed by atoms with Crippen LogP contribution in [0.25, 0.3) is 0 Å². The molecule has 0 radical (unpaired) electrons. The molecule has 0 spiro atoms. The van der Waals surface area contributed by atoms with Crippen LogP contribution in [-0.4, -0.2) is 91.5 Å². The Balaban J connectivity index is 0.000000672. The molecule has 4 aromatic rings. The number of ether oxygens (including phenoxy) is 8. The van der Waals surface area contributed by atoms with Gasteiger partial charge < -0.3 is 43.0 Å². The zero-order chi connectivity index (χ0) is 42.0. The van der Waals surface area contributed by atoms with E-state index in [1.54, 1.807) is 28.4 Å². The first-order valence-corrected chi connectivity index (χ1v) is 20.1. The van der Waals surface area contributed by atoms with E-state index in [0.717, 1.165) is 62.3 Å². The predicted molar refractivity (Wildman–Crippen MR) is 230 cm³/mol. The number of hydrogen-bond donors (Lipinski definition) is 1. The third kappa shape index (κ3) is 22.1. The maximum absolute atomic E-state index is 8.80. The van der Waals surface area contributed by atoms with Crippen LogP contribution < -0.4 is 9.47 Å². The van der Waals surface area contributed by atoms with E-state index in [9.17, 15) is 0 Å². The van der Waals surface area contributed by atoms with Gasteiger partial charge in [0.05, 0.1) is 39.6 Å². The summed E-state index contributed by atoms with van der Waals surface area (Å²) in [5, 5.41) is 8.80. The Morgan fingerprint density at radius 1 is 0.464 bits per heavy atom. The van der Waals surface area contributed by atoms with Crippen LogP contribution in [0.15, 0.2) is 97.1 Å². The minimum Gasteiger partial charge on any atom is -0.457 e. The van der Waals surface area contributed by atoms with Crippen molar-refractivity contribution >= 4 is 0 Å². The number of hydrogen-bond acceptors (Lipinski definition) is 9. The normalized spacial score (nSPS) is 14.8. The van der Waals surface area contributed by atoms with Crippen LogP contribution in [0.2, 0.25) is 0 Å². The summed E-state index contributed by atoms with van der Waals surface area (Å²) in [6.45, 7) is 20.0. The molecule has 0 aliphatic carbocycles. The Morgan fingerprint density at radius 3 is 0.911 bits per heavy atom. The maximum Gasteiger partial charge on any atom is 0.130 e. The molecule has 4 heterocycles. The predicted octanol–water partition coefficient (Wildman–Crippen LogP) is 10.6. The van der Waals surface area contributed by atoms with E-state index in [1.165, 1.54) is 22.3 Å². The summed E-state index contributed by atoms with van der Waals surface area (Å²) in [7, 11) is 6.45. The van der Waals surface area contributed by atoms with Gasteiger partial charge in [0.2, 0.25) is 0 Å². The Hall–Kier alpha value is -3.80. The number of epoxide rings is 2. The van der Waals surface area contributed by atoms with E-state index in [0.29, 0.717) is 25.4 Å². The minimum absolute atomic E-state index is 0.341. The SMILES string of the molecule is CC.CC.CC.CC.COCC(O)COC.COCC1CO1.COCC1CO1.c1ccc2c(c1)Cc1ccccc1O2.c1ccc2c(c1)Cc1ccccc1O2. The highest BCUT2D eigenvalue weighted by atomic mass is 16.6. The summed E-state index contributed by atoms with van der Waals surface area (Å²) in [5.74, 6) is 3.97. The lowest BCUT2D eigenvalue weighted by atomic mass is 10.0. The number of fused-ring (bicyclic) bond motifs is 4. The molecule has 56 heavy (non-hydrogen) atoms. The first-order valence-electron chi connectivity index (χ1n) is 20.1. The van der Waals surface area contributed by atoms with Crippen LogP contribution >= 0.6 is 0 Å². The van der Waals surface area contributed by atoms with Crippen LogP contribution in [0.4, 0.5) is 0 Å². The first-order chi connectivity index (χ1) is 27.5. The molecule has 8 rings (SSSR count). The summed E-state index contributed by atoms with van der Waals surface area (Å²) in [6, 6.07) is 32.8. The highest BCUT2D eigenvalue weighted by Gasteiger charge is 2.21. The summed E-state index contributed by atoms with van der Waals surface area (Å²) >= 11 is 0. The molecule has 9 nitrogen and oxygen atoms in total. The number of para-hydroxylation sites is 4. The standard InChI is InChI=1S/2C13H10O.C5H12O3.2C4H8O2.4C2H6/c2*1-3-7-12-10(5-1)9-11-6-2-4-8-13(11)14-12;1-7-3-5(6)4-8-2;2*1-5-2-4-3-6-4;4*1-2/h2*1-8H,9H2;5-6H,3-4H2,1-2H3;2*4H,2-3H2,1H3;4*1-2H3. The van der Waals surface area contributed by atoms with Crippen molar-refractivity contribution in [3.8, 4) is 23.0 Å². The molecule has 2 unspecified atom stereocenters. The van der Waals surface area contributed by atoms with Crippen molar-refractivity contribution in [2.24, 2.45) is 0 Å². The topological polar surface area (TPSA) is 101 Å². The number of methoxy groups -OCH3 is 4. The van der Waals surface area contributed by atoms with Gasteiger partial charge in [-0.2, -0.15) is 0 Å². The third-order valence-corrected chi connectivity index (χ3v) is 7.32. The smallest absolute Gasteiger partial charge is 0.130 e. The molecule has 0 saturated carbocycles. The van der Waals surface area contributed by atoms with Gasteiger partial charge in [-0.15, -0.1) is 0 Å². The molecule has 4 aliphatic rings. The molecule has 2 saturated heterocycles. The van der Waals surface area contributed by atoms with Crippen LogP contribution in [0.1, 0.15) is 77.6 Å². The Bertz CT molecular complexity index is 1200. The molecular formula is C47H72O9. The van der Waals surface area contributed by atoms with Gasteiger partial charge in [-0.25, -0.2) is 0 Å². The molecule has 2 fully saturated rings. The second kappa shape index (κ2) is 34.4. The van der Waals surface area contributed by atoms with Gasteiger partial charge >= 0.3 is 0 Å². The summed E-state index contributed by atoms with van der Waals surface area (Å²) < 4.78 is 39.9. The lowest BCUT2D eigenvalue weighted by Crippen LogP contribution is -2.19. The zero-order valence-corrected chi connectivity index (χ0v) is 36.3. The fraction of sp³-hybridized carbons (Fsp3) is 0.489. The quantitative estimate of drug-likeness (QED) is 0.151. The number of benzene rings is 4. The van der Waals surface area contributed by atoms with Crippen molar-refractivity contribution < 1.29 is 43.0 Å². The minimum atomic E-state index is -0.481. The Labute approximate surface area is 339 Å². The second-order valence-corrected chi connectivity index (χ2v) is 11.4. The van der Waals surface area contributed by atoms with E-state index in [1.807, 2.05) is 104 Å². The number of aliphatic hydroxyl groups is 1. The molecule has 4 aliphatic heterocycles. The van der Waals surface area contributed by atoms with Gasteiger partial charge in [-0.05, 0) is 46.5 Å². The molecule has 4 aromatic carbocycles. The van der Waals surface area contributed by atoms with Crippen LogP contribution in [0, 0.1) is 0 Å². The van der Waals surface area contributed by atoms with E-state index in [-0.39, 0.29) is 0 Å². The maximum atomic E-state index is 8.80. The van der Waals surface area contributed by atoms with Gasteiger partial charge in [0, 0.05) is 41.3 Å². The third-order valence-electron chi connectivity index (χ3n) is 7.32. The Kier molecular flexibility index (Phi) is 32.1. The fourth-order valence-electron chi connectivity index (χ4n) is 4.78. The monoisotopic (exact) mass is 781 g/mol. The lowest BCUT2D eigenvalue weighted by molar-refractivity contribution is 0.00980. The summed E-state index contributed by atoms with van der Waals surface area (Å²) in [5.41, 5.74) is 5.08. The van der Waals surface area contributed by atoms with E-state index < -0.39 is 6.10 Å². The molecule has 2 atom stereocenters. The van der Waals surface area contributed by atoms with Crippen molar-refractivity contribution in [1.29, 1.82) is 0 Å². The molecule has 1 N–H and O–H groups in total. The molecule has 0 aromatic heterocycles. The van der Waals surface area contributed by atoms with Gasteiger partial charge in [0.1, 0.15) is 41.3 Å². The molecule has 0 amide bonds. The second-order valence-electron chi connectivity index (χ2n) is 11.4. The van der Waals surface area contributed by atoms with Gasteiger partial charge in [0.25, 0.3) is 0 Å². The van der Waals surface area contributed by atoms with Crippen molar-refractivity contribution in [3.63, 3.8) is 0 Å². The highest BCUT2D eigenvalue weighted by Crippen LogP contribution is 2.36. The molecule has 314 valence electrons. The number of rotatable bonds is 8. The van der Waals surface area contributed by atoms with Crippen molar-refractivity contribution in [2.45, 2.75) is 86.5 Å². The number of aliphatic hydroxyl groups excluding tert-OH is 1.